The monoisotopic (exact) mass is 984 g/mol. The Bertz CT molecular complexity index is 2440. The molecule has 0 fully saturated rings. The van der Waals surface area contributed by atoms with Crippen molar-refractivity contribution in [3.05, 3.63) is 172 Å². The van der Waals surface area contributed by atoms with Crippen molar-refractivity contribution in [3.8, 4) is 66.8 Å². The summed E-state index contributed by atoms with van der Waals surface area (Å²) in [6.45, 7) is 37.4. The average molecular weight is 985 g/mol. The van der Waals surface area contributed by atoms with Crippen LogP contribution >= 0.6 is 10.1 Å². The van der Waals surface area contributed by atoms with Crippen LogP contribution in [0.25, 0.3) is 66.8 Å². The van der Waals surface area contributed by atoms with Crippen LogP contribution in [0.1, 0.15) is 203 Å². The molecule has 0 unspecified atom stereocenters. The summed E-state index contributed by atoms with van der Waals surface area (Å²) in [4.78, 5) is 0. The molecule has 7 rings (SSSR count). The summed E-state index contributed by atoms with van der Waals surface area (Å²) >= 11 is -0.353. The zero-order valence-corrected chi connectivity index (χ0v) is 46.5. The van der Waals surface area contributed by atoms with Crippen molar-refractivity contribution in [3.63, 3.8) is 0 Å². The van der Waals surface area contributed by atoms with Gasteiger partial charge in [-0.2, -0.15) is 0 Å². The second-order valence-corrected chi connectivity index (χ2v) is 23.8. The van der Waals surface area contributed by atoms with Gasteiger partial charge in [0.05, 0.1) is 0 Å². The number of benzene rings is 7. The Kier molecular flexibility index (Phi) is 16.2. The first-order valence-electron chi connectivity index (χ1n) is 25.6. The van der Waals surface area contributed by atoms with Crippen molar-refractivity contribution in [1.29, 1.82) is 0 Å². The molecule has 0 nitrogen and oxygen atoms in total. The third-order valence-electron chi connectivity index (χ3n) is 14.2. The van der Waals surface area contributed by atoms with Gasteiger partial charge in [-0.25, -0.2) is 0 Å². The number of rotatable bonds is 15. The van der Waals surface area contributed by atoms with E-state index in [-0.39, 0.29) is 14.0 Å². The average Bonchev–Trinajstić information content (AvgIpc) is 3.32. The summed E-state index contributed by atoms with van der Waals surface area (Å²) in [5, 5.41) is 0. The molecule has 0 atom stereocenters. The molecule has 0 aliphatic heterocycles. The maximum atomic E-state index is 7.46. The number of hydrogen-bond donors (Lipinski definition) is 0. The fourth-order valence-corrected chi connectivity index (χ4v) is 12.7. The summed E-state index contributed by atoms with van der Waals surface area (Å²) in [6, 6.07) is 49.7. The van der Waals surface area contributed by atoms with Crippen LogP contribution in [0.4, 0.5) is 0 Å². The fourth-order valence-electron chi connectivity index (χ4n) is 10.8. The van der Waals surface area contributed by atoms with E-state index in [2.05, 4.69) is 238 Å². The summed E-state index contributed by atoms with van der Waals surface area (Å²) in [5.41, 5.74) is 26.6. The molecule has 0 amide bonds. The van der Waals surface area contributed by atoms with Crippen LogP contribution in [0, 0.1) is 0 Å². The van der Waals surface area contributed by atoms with Crippen molar-refractivity contribution in [2.75, 3.05) is 0 Å². The molecule has 0 radical (unpaired) electrons. The van der Waals surface area contributed by atoms with Crippen molar-refractivity contribution in [2.45, 2.75) is 158 Å². The second kappa shape index (κ2) is 21.6. The molecule has 354 valence electrons. The van der Waals surface area contributed by atoms with E-state index in [0.29, 0.717) is 47.3 Å². The topological polar surface area (TPSA) is 0 Å². The van der Waals surface area contributed by atoms with Gasteiger partial charge in [-0.15, -0.1) is 0 Å². The van der Waals surface area contributed by atoms with Crippen LogP contribution in [0.3, 0.4) is 0 Å². The number of halogens is 1. The van der Waals surface area contributed by atoms with Gasteiger partial charge in [0.2, 0.25) is 0 Å². The zero-order chi connectivity index (χ0) is 49.3. The predicted molar refractivity (Wildman–Crippen MR) is 303 cm³/mol. The molecular formula is C66H77ClSe. The Morgan fingerprint density at radius 2 is 0.441 bits per heavy atom. The molecule has 0 spiro atoms. The van der Waals surface area contributed by atoms with Gasteiger partial charge in [-0.05, 0) is 0 Å². The predicted octanol–water partition coefficient (Wildman–Crippen LogP) is 20.2. The normalized spacial score (nSPS) is 12.1. The quantitative estimate of drug-likeness (QED) is 0.0898. The van der Waals surface area contributed by atoms with Gasteiger partial charge in [0, 0.05) is 0 Å². The number of hydrogen-bond acceptors (Lipinski definition) is 0. The van der Waals surface area contributed by atoms with E-state index in [0.717, 1.165) is 0 Å². The molecule has 68 heavy (non-hydrogen) atoms. The minimum atomic E-state index is -0.353. The van der Waals surface area contributed by atoms with Gasteiger partial charge in [-0.1, -0.05) is 0 Å². The molecule has 0 bridgehead atoms. The molecule has 2 heteroatoms. The first-order valence-corrected chi connectivity index (χ1v) is 28.7. The van der Waals surface area contributed by atoms with Crippen LogP contribution in [-0.2, 0) is 0 Å². The van der Waals surface area contributed by atoms with Gasteiger partial charge in [-0.3, -0.25) is 0 Å². The Labute approximate surface area is 422 Å². The summed E-state index contributed by atoms with van der Waals surface area (Å²) in [5.74, 6) is 2.93. The fraction of sp³-hybridized carbons (Fsp3) is 0.364. The van der Waals surface area contributed by atoms with Gasteiger partial charge in [0.15, 0.2) is 0 Å². The molecule has 0 aliphatic carbocycles. The molecule has 0 aliphatic rings. The molecule has 0 saturated heterocycles. The van der Waals surface area contributed by atoms with Gasteiger partial charge < -0.3 is 0 Å². The summed E-state index contributed by atoms with van der Waals surface area (Å²) in [7, 11) is 7.46. The third-order valence-corrected chi connectivity index (χ3v) is 16.3. The second-order valence-electron chi connectivity index (χ2n) is 21.8. The van der Waals surface area contributed by atoms with E-state index in [1.807, 2.05) is 0 Å². The molecule has 0 saturated carbocycles. The van der Waals surface area contributed by atoms with Crippen LogP contribution < -0.4 is 4.46 Å². The molecule has 7 aromatic carbocycles. The van der Waals surface area contributed by atoms with Crippen LogP contribution in [0.2, 0.25) is 0 Å². The van der Waals surface area contributed by atoms with E-state index in [4.69, 9.17) is 10.1 Å². The molecule has 0 aromatic heterocycles. The third kappa shape index (κ3) is 10.3. The maximum absolute atomic E-state index is 7.46. The Morgan fingerprint density at radius 1 is 0.265 bits per heavy atom. The van der Waals surface area contributed by atoms with E-state index in [1.165, 1.54) is 116 Å². The summed E-state index contributed by atoms with van der Waals surface area (Å²) < 4.78 is 1.22. The van der Waals surface area contributed by atoms with Gasteiger partial charge >= 0.3 is 425 Å². The first-order chi connectivity index (χ1) is 32.3. The van der Waals surface area contributed by atoms with Crippen LogP contribution in [-0.4, -0.2) is 14.0 Å². The Hall–Kier alpha value is -4.65. The van der Waals surface area contributed by atoms with Crippen molar-refractivity contribution in [1.82, 2.24) is 0 Å². The van der Waals surface area contributed by atoms with E-state index < -0.39 is 0 Å². The minimum absolute atomic E-state index is 0.353. The SMILES string of the molecule is CC(C)c1cccc(C(C)C)c1-c1cc(-c2cccc(-c3cc(-c4c(C(C)C)cccc4C(C)C)cc(-c4c(C(C)C)cccc4C(C)C)c3)c2[Se]Cl)cc(-c2c(C(C)C)cccc2C(C)C)c1. The van der Waals surface area contributed by atoms with Crippen LogP contribution in [0.15, 0.2) is 127 Å². The molecule has 0 heterocycles. The zero-order valence-electron chi connectivity index (χ0n) is 44.0. The molecule has 0 N–H and O–H groups in total. The Balaban J connectivity index is 1.61. The van der Waals surface area contributed by atoms with Gasteiger partial charge in [0.1, 0.15) is 0 Å². The van der Waals surface area contributed by atoms with Gasteiger partial charge in [0.25, 0.3) is 0 Å². The Morgan fingerprint density at radius 3 is 0.618 bits per heavy atom. The standard InChI is InChI=1S/C66H77ClSe/c1-38(2)52-22-17-23-53(39(3)4)62(52)48-32-46(33-49(36-48)63-54(40(5)6)24-18-25-55(63)41(7)8)60-30-21-31-61(66(60)68-67)47-34-50(64-56(42(9)10)26-19-27-57(64)43(11)12)37-51(35-47)65-58(44(13)14)28-20-29-59(65)45(15)16/h17-45H,1-16H3. The summed E-state index contributed by atoms with van der Waals surface area (Å²) in [6.07, 6.45) is 0. The van der Waals surface area contributed by atoms with Crippen LogP contribution in [0.5, 0.6) is 0 Å². The van der Waals surface area contributed by atoms with E-state index >= 15 is 0 Å². The molecule has 7 aromatic rings. The van der Waals surface area contributed by atoms with E-state index in [9.17, 15) is 0 Å². The van der Waals surface area contributed by atoms with Crippen molar-refractivity contribution >= 4 is 28.6 Å². The van der Waals surface area contributed by atoms with Crippen molar-refractivity contribution in [2.24, 2.45) is 0 Å². The van der Waals surface area contributed by atoms with E-state index in [1.54, 1.807) is 0 Å². The van der Waals surface area contributed by atoms with Crippen molar-refractivity contribution < 1.29 is 0 Å². The molecular weight excluding hydrogens is 907 g/mol. The first kappa shape index (κ1) is 51.2.